The minimum absolute atomic E-state index is 0.0261. The Kier molecular flexibility index (Phi) is 5.16. The molecule has 0 saturated heterocycles. The predicted molar refractivity (Wildman–Crippen MR) is 97.6 cm³/mol. The van der Waals surface area contributed by atoms with Gasteiger partial charge in [0.1, 0.15) is 6.61 Å². The van der Waals surface area contributed by atoms with Crippen molar-refractivity contribution < 1.29 is 27.8 Å². The summed E-state index contributed by atoms with van der Waals surface area (Å²) in [6.45, 7) is 0.243. The van der Waals surface area contributed by atoms with Gasteiger partial charge in [0, 0.05) is 5.56 Å². The van der Waals surface area contributed by atoms with Gasteiger partial charge in [0.15, 0.2) is 28.8 Å². The molecule has 0 N–H and O–H groups in total. The van der Waals surface area contributed by atoms with Crippen molar-refractivity contribution in [2.24, 2.45) is 0 Å². The van der Waals surface area contributed by atoms with Crippen molar-refractivity contribution in [3.63, 3.8) is 0 Å². The maximum Gasteiger partial charge on any atom is 0.277 e. The average molecular weight is 402 g/mol. The van der Waals surface area contributed by atoms with Gasteiger partial charge in [0.05, 0.1) is 12.9 Å². The fourth-order valence-electron chi connectivity index (χ4n) is 2.60. The molecule has 1 aromatic heterocycles. The molecule has 2 aromatic carbocycles. The number of hydrogen-bond donors (Lipinski definition) is 0. The number of benzene rings is 2. The maximum atomic E-state index is 13.7. The zero-order valence-electron chi connectivity index (χ0n) is 14.8. The molecule has 144 valence electrons. The third kappa shape index (κ3) is 3.79. The Morgan fingerprint density at radius 1 is 1.25 bits per heavy atom. The molecule has 0 saturated carbocycles. The fraction of sp³-hybridized carbons (Fsp3) is 0.211. The predicted octanol–water partition coefficient (Wildman–Crippen LogP) is 3.70. The normalized spacial score (nSPS) is 15.3. The van der Waals surface area contributed by atoms with Crippen molar-refractivity contribution in [1.29, 1.82) is 0 Å². The number of rotatable bonds is 6. The summed E-state index contributed by atoms with van der Waals surface area (Å²) in [5.74, 6) is 0.777. The number of aromatic nitrogens is 2. The number of halogens is 1. The second kappa shape index (κ2) is 7.89. The first-order valence-corrected chi connectivity index (χ1v) is 9.34. The van der Waals surface area contributed by atoms with Crippen molar-refractivity contribution in [2.75, 3.05) is 19.5 Å². The summed E-state index contributed by atoms with van der Waals surface area (Å²) in [6.07, 6.45) is -0.525. The molecule has 2 heterocycles. The highest BCUT2D eigenvalue weighted by molar-refractivity contribution is 7.99. The van der Waals surface area contributed by atoms with E-state index in [4.69, 9.17) is 18.6 Å². The van der Waals surface area contributed by atoms with E-state index in [9.17, 15) is 9.18 Å². The van der Waals surface area contributed by atoms with E-state index in [0.717, 1.165) is 17.8 Å². The topological polar surface area (TPSA) is 83.7 Å². The summed E-state index contributed by atoms with van der Waals surface area (Å²) in [6, 6.07) is 11.4. The molecule has 7 nitrogen and oxygen atoms in total. The quantitative estimate of drug-likeness (QED) is 0.456. The summed E-state index contributed by atoms with van der Waals surface area (Å²) >= 11 is 1.07. The summed E-state index contributed by atoms with van der Waals surface area (Å²) in [7, 11) is 1.36. The highest BCUT2D eigenvalue weighted by Gasteiger charge is 2.27. The lowest BCUT2D eigenvalue weighted by atomic mass is 10.1. The van der Waals surface area contributed by atoms with Crippen LogP contribution in [0.15, 0.2) is 52.1 Å². The Labute approximate surface area is 163 Å². The second-order valence-corrected chi connectivity index (χ2v) is 6.76. The first-order valence-electron chi connectivity index (χ1n) is 8.35. The van der Waals surface area contributed by atoms with Gasteiger partial charge in [-0.3, -0.25) is 4.79 Å². The fourth-order valence-corrected chi connectivity index (χ4v) is 3.26. The Bertz CT molecular complexity index is 1010. The van der Waals surface area contributed by atoms with Crippen LogP contribution in [0, 0.1) is 5.82 Å². The number of Topliss-reactive ketones (excluding diaryl/α,β-unsaturated/α-hetero) is 1. The van der Waals surface area contributed by atoms with Crippen molar-refractivity contribution >= 4 is 17.5 Å². The monoisotopic (exact) mass is 402 g/mol. The number of hydrogen-bond acceptors (Lipinski definition) is 8. The maximum absolute atomic E-state index is 13.7. The van der Waals surface area contributed by atoms with Crippen LogP contribution in [0.1, 0.15) is 22.4 Å². The number of para-hydroxylation sites is 2. The van der Waals surface area contributed by atoms with E-state index in [0.29, 0.717) is 11.5 Å². The van der Waals surface area contributed by atoms with Crippen LogP contribution in [-0.2, 0) is 0 Å². The van der Waals surface area contributed by atoms with Gasteiger partial charge in [-0.1, -0.05) is 23.9 Å². The zero-order valence-corrected chi connectivity index (χ0v) is 15.6. The molecule has 0 aliphatic carbocycles. The van der Waals surface area contributed by atoms with Crippen LogP contribution >= 0.6 is 11.8 Å². The third-order valence-corrected chi connectivity index (χ3v) is 4.83. The lowest BCUT2D eigenvalue weighted by Gasteiger charge is -2.23. The number of carbonyl (C=O) groups is 1. The van der Waals surface area contributed by atoms with Crippen molar-refractivity contribution in [2.45, 2.75) is 11.3 Å². The van der Waals surface area contributed by atoms with Crippen LogP contribution < -0.4 is 14.2 Å². The lowest BCUT2D eigenvalue weighted by molar-refractivity contribution is 0.0686. The van der Waals surface area contributed by atoms with Crippen LogP contribution in [0.2, 0.25) is 0 Å². The Morgan fingerprint density at radius 3 is 2.86 bits per heavy atom. The highest BCUT2D eigenvalue weighted by atomic mass is 32.2. The Hall–Kier alpha value is -3.07. The Balaban J connectivity index is 1.38. The van der Waals surface area contributed by atoms with Gasteiger partial charge in [-0.05, 0) is 30.3 Å². The van der Waals surface area contributed by atoms with E-state index in [1.54, 1.807) is 6.07 Å². The Morgan fingerprint density at radius 2 is 2.07 bits per heavy atom. The minimum atomic E-state index is -0.590. The molecule has 0 radical (unpaired) electrons. The van der Waals surface area contributed by atoms with Crippen LogP contribution in [0.3, 0.4) is 0 Å². The molecule has 0 unspecified atom stereocenters. The van der Waals surface area contributed by atoms with Gasteiger partial charge in [0.2, 0.25) is 6.10 Å². The molecule has 1 atom stereocenters. The number of fused-ring (bicyclic) bond motifs is 1. The molecule has 0 spiro atoms. The van der Waals surface area contributed by atoms with Crippen LogP contribution in [0.25, 0.3) is 0 Å². The van der Waals surface area contributed by atoms with E-state index in [1.165, 1.54) is 19.2 Å². The number of ketones is 1. The molecule has 9 heteroatoms. The molecule has 0 amide bonds. The van der Waals surface area contributed by atoms with E-state index in [1.807, 2.05) is 18.2 Å². The second-order valence-electron chi connectivity index (χ2n) is 5.83. The van der Waals surface area contributed by atoms with Gasteiger partial charge in [-0.15, -0.1) is 10.2 Å². The SMILES string of the molecule is COc1ccc(C(=O)CSc2nnc([C@H]3COc4ccccc4O3)o2)cc1F. The molecule has 0 bridgehead atoms. The largest absolute Gasteiger partial charge is 0.494 e. The van der Waals surface area contributed by atoms with Gasteiger partial charge >= 0.3 is 0 Å². The molecule has 1 aliphatic heterocycles. The van der Waals surface area contributed by atoms with E-state index >= 15 is 0 Å². The van der Waals surface area contributed by atoms with Crippen molar-refractivity contribution in [3.8, 4) is 17.2 Å². The van der Waals surface area contributed by atoms with E-state index < -0.39 is 11.9 Å². The van der Waals surface area contributed by atoms with Gasteiger partial charge in [-0.2, -0.15) is 0 Å². The van der Waals surface area contributed by atoms with E-state index in [-0.39, 0.29) is 40.6 Å². The summed E-state index contributed by atoms with van der Waals surface area (Å²) < 4.78 is 35.6. The summed E-state index contributed by atoms with van der Waals surface area (Å²) in [5, 5.41) is 8.11. The zero-order chi connectivity index (χ0) is 19.5. The average Bonchev–Trinajstić information content (AvgIpc) is 3.20. The lowest BCUT2D eigenvalue weighted by Crippen LogP contribution is -2.21. The highest BCUT2D eigenvalue weighted by Crippen LogP contribution is 2.36. The first kappa shape index (κ1) is 18.3. The molecular formula is C19H15FN2O5S. The number of nitrogens with zero attached hydrogens (tertiary/aromatic N) is 2. The standard InChI is InChI=1S/C19H15FN2O5S/c1-24-14-7-6-11(8-12(14)20)13(23)10-28-19-22-21-18(27-19)17-9-25-15-4-2-3-5-16(15)26-17/h2-8,17H,9-10H2,1H3/t17-/m1/s1. The van der Waals surface area contributed by atoms with Crippen molar-refractivity contribution in [1.82, 2.24) is 10.2 Å². The minimum Gasteiger partial charge on any atom is -0.494 e. The van der Waals surface area contributed by atoms with Crippen molar-refractivity contribution in [3.05, 3.63) is 59.7 Å². The van der Waals surface area contributed by atoms with Crippen LogP contribution in [0.5, 0.6) is 17.2 Å². The van der Waals surface area contributed by atoms with Crippen LogP contribution in [0.4, 0.5) is 4.39 Å². The first-order chi connectivity index (χ1) is 13.6. The molecular weight excluding hydrogens is 387 g/mol. The van der Waals surface area contributed by atoms with Gasteiger partial charge < -0.3 is 18.6 Å². The molecule has 1 aliphatic rings. The number of thioether (sulfide) groups is 1. The number of methoxy groups -OCH3 is 1. The summed E-state index contributed by atoms with van der Waals surface area (Å²) in [4.78, 5) is 12.3. The smallest absolute Gasteiger partial charge is 0.277 e. The number of ether oxygens (including phenoxy) is 3. The molecule has 4 rings (SSSR count). The number of carbonyl (C=O) groups excluding carboxylic acids is 1. The van der Waals surface area contributed by atoms with Gasteiger partial charge in [0.25, 0.3) is 11.1 Å². The molecule has 3 aromatic rings. The molecule has 28 heavy (non-hydrogen) atoms. The third-order valence-electron chi connectivity index (χ3n) is 4.01. The molecule has 0 fully saturated rings. The summed E-state index contributed by atoms with van der Waals surface area (Å²) in [5.41, 5.74) is 0.242. The van der Waals surface area contributed by atoms with Crippen LogP contribution in [-0.4, -0.2) is 35.5 Å². The van der Waals surface area contributed by atoms with Gasteiger partial charge in [-0.25, -0.2) is 4.39 Å². The van der Waals surface area contributed by atoms with E-state index in [2.05, 4.69) is 10.2 Å².